The van der Waals surface area contributed by atoms with Gasteiger partial charge in [-0.05, 0) is 17.5 Å². The molecule has 7 heteroatoms. The van der Waals surface area contributed by atoms with E-state index < -0.39 is 5.92 Å². The third-order valence-corrected chi connectivity index (χ3v) is 4.71. The minimum Gasteiger partial charge on any atom is -0.315 e. The fraction of sp³-hybridized carbons (Fsp3) is 0.182. The highest BCUT2D eigenvalue weighted by Gasteiger charge is 2.23. The molecule has 2 aromatic carbocycles. The minimum absolute atomic E-state index is 0.113. The third-order valence-electron chi connectivity index (χ3n) is 4.71. The van der Waals surface area contributed by atoms with Gasteiger partial charge in [0.05, 0.1) is 12.2 Å². The molecule has 29 heavy (non-hydrogen) atoms. The standard InChI is InChI=1S/C22H21N5O2/c1-2-13-27-14-23-18-19(27)24-22(26-21(18)29)25-20(28)17(15-9-5-3-6-10-15)16-11-7-4-8-12-16/h3-12,14,17H,2,13H2,1H3,(H2,24,25,26,28,29). The largest absolute Gasteiger partial charge is 0.315 e. The number of imidazole rings is 1. The highest BCUT2D eigenvalue weighted by atomic mass is 16.2. The van der Waals surface area contributed by atoms with Crippen molar-refractivity contribution < 1.29 is 4.79 Å². The normalized spacial score (nSPS) is 11.1. The summed E-state index contributed by atoms with van der Waals surface area (Å²) < 4.78 is 1.81. The summed E-state index contributed by atoms with van der Waals surface area (Å²) >= 11 is 0. The SMILES string of the molecule is CCCn1cnc2c(=O)[nH]c(NC(=O)C(c3ccccc3)c3ccccc3)nc21. The zero-order valence-electron chi connectivity index (χ0n) is 16.0. The summed E-state index contributed by atoms with van der Waals surface area (Å²) in [5.41, 5.74) is 2.06. The minimum atomic E-state index is -0.529. The number of hydrogen-bond acceptors (Lipinski definition) is 4. The first-order chi connectivity index (χ1) is 14.2. The van der Waals surface area contributed by atoms with Crippen LogP contribution in [0.5, 0.6) is 0 Å². The fourth-order valence-corrected chi connectivity index (χ4v) is 3.39. The van der Waals surface area contributed by atoms with E-state index in [-0.39, 0.29) is 22.9 Å². The first-order valence-electron chi connectivity index (χ1n) is 9.53. The Morgan fingerprint density at radius 2 is 1.69 bits per heavy atom. The second-order valence-electron chi connectivity index (χ2n) is 6.77. The maximum absolute atomic E-state index is 13.2. The van der Waals surface area contributed by atoms with Gasteiger partial charge in [0.1, 0.15) is 0 Å². The number of amides is 1. The van der Waals surface area contributed by atoms with E-state index in [1.165, 1.54) is 0 Å². The van der Waals surface area contributed by atoms with E-state index in [2.05, 4.69) is 20.3 Å². The number of carbonyl (C=O) groups is 1. The van der Waals surface area contributed by atoms with Gasteiger partial charge in [0.15, 0.2) is 11.2 Å². The number of H-pyrrole nitrogens is 1. The van der Waals surface area contributed by atoms with Gasteiger partial charge in [0.25, 0.3) is 5.56 Å². The van der Waals surface area contributed by atoms with Gasteiger partial charge in [-0.1, -0.05) is 67.6 Å². The Kier molecular flexibility index (Phi) is 5.20. The monoisotopic (exact) mass is 387 g/mol. The molecule has 2 aromatic heterocycles. The zero-order chi connectivity index (χ0) is 20.2. The molecule has 0 aliphatic heterocycles. The number of rotatable bonds is 6. The van der Waals surface area contributed by atoms with Crippen molar-refractivity contribution in [2.75, 3.05) is 5.32 Å². The van der Waals surface area contributed by atoms with Crippen LogP contribution in [0.4, 0.5) is 5.95 Å². The lowest BCUT2D eigenvalue weighted by Gasteiger charge is -2.17. The Balaban J connectivity index is 1.71. The highest BCUT2D eigenvalue weighted by molar-refractivity contribution is 5.97. The highest BCUT2D eigenvalue weighted by Crippen LogP contribution is 2.25. The molecule has 146 valence electrons. The number of nitrogens with one attached hydrogen (secondary N) is 2. The van der Waals surface area contributed by atoms with E-state index >= 15 is 0 Å². The smallest absolute Gasteiger partial charge is 0.280 e. The summed E-state index contributed by atoms with van der Waals surface area (Å²) in [6.07, 6.45) is 2.48. The molecule has 0 bridgehead atoms. The molecule has 0 saturated carbocycles. The first-order valence-corrected chi connectivity index (χ1v) is 9.53. The average molecular weight is 387 g/mol. The molecular weight excluding hydrogens is 366 g/mol. The number of aromatic amines is 1. The predicted molar refractivity (Wildman–Crippen MR) is 112 cm³/mol. The van der Waals surface area contributed by atoms with Gasteiger partial charge in [-0.3, -0.25) is 19.9 Å². The van der Waals surface area contributed by atoms with E-state index in [1.54, 1.807) is 6.33 Å². The van der Waals surface area contributed by atoms with Gasteiger partial charge in [-0.2, -0.15) is 4.98 Å². The molecule has 4 aromatic rings. The molecule has 0 aliphatic carbocycles. The maximum Gasteiger partial charge on any atom is 0.280 e. The van der Waals surface area contributed by atoms with Crippen LogP contribution in [0.3, 0.4) is 0 Å². The molecule has 0 spiro atoms. The summed E-state index contributed by atoms with van der Waals surface area (Å²) in [7, 11) is 0. The number of benzene rings is 2. The van der Waals surface area contributed by atoms with E-state index in [0.29, 0.717) is 12.2 Å². The summed E-state index contributed by atoms with van der Waals surface area (Å²) in [5, 5.41) is 2.78. The fourth-order valence-electron chi connectivity index (χ4n) is 3.39. The Morgan fingerprint density at radius 3 is 2.28 bits per heavy atom. The van der Waals surface area contributed by atoms with Crippen LogP contribution in [0, 0.1) is 0 Å². The Hall–Kier alpha value is -3.74. The van der Waals surface area contributed by atoms with Gasteiger partial charge in [0.2, 0.25) is 11.9 Å². The van der Waals surface area contributed by atoms with Gasteiger partial charge in [0, 0.05) is 6.54 Å². The molecular formula is C22H21N5O2. The van der Waals surface area contributed by atoms with Crippen molar-refractivity contribution in [2.24, 2.45) is 0 Å². The van der Waals surface area contributed by atoms with Gasteiger partial charge in [-0.15, -0.1) is 0 Å². The van der Waals surface area contributed by atoms with Crippen LogP contribution >= 0.6 is 0 Å². The molecule has 0 atom stereocenters. The molecule has 0 fully saturated rings. The zero-order valence-corrected chi connectivity index (χ0v) is 16.0. The van der Waals surface area contributed by atoms with Crippen molar-refractivity contribution in [3.8, 4) is 0 Å². The van der Waals surface area contributed by atoms with E-state index in [0.717, 1.165) is 17.5 Å². The van der Waals surface area contributed by atoms with Crippen LogP contribution in [0.15, 0.2) is 71.8 Å². The molecule has 1 amide bonds. The van der Waals surface area contributed by atoms with Crippen LogP contribution in [-0.2, 0) is 11.3 Å². The number of fused-ring (bicyclic) bond motifs is 1. The van der Waals surface area contributed by atoms with Crippen molar-refractivity contribution in [1.29, 1.82) is 0 Å². The Morgan fingerprint density at radius 1 is 1.07 bits per heavy atom. The third kappa shape index (κ3) is 3.80. The molecule has 2 heterocycles. The molecule has 0 aliphatic rings. The Labute approximate surface area is 167 Å². The quantitative estimate of drug-likeness (QED) is 0.531. The predicted octanol–water partition coefficient (Wildman–Crippen LogP) is 3.30. The van der Waals surface area contributed by atoms with Gasteiger partial charge < -0.3 is 4.57 Å². The van der Waals surface area contributed by atoms with Crippen molar-refractivity contribution >= 4 is 23.0 Å². The van der Waals surface area contributed by atoms with Gasteiger partial charge >= 0.3 is 0 Å². The van der Waals surface area contributed by atoms with Crippen LogP contribution in [0.2, 0.25) is 0 Å². The summed E-state index contributed by atoms with van der Waals surface area (Å²) in [6.45, 7) is 2.73. The maximum atomic E-state index is 13.2. The molecule has 4 rings (SSSR count). The van der Waals surface area contributed by atoms with Gasteiger partial charge in [-0.25, -0.2) is 4.98 Å². The number of aromatic nitrogens is 4. The first kappa shape index (κ1) is 18.6. The second kappa shape index (κ2) is 8.10. The van der Waals surface area contributed by atoms with Crippen molar-refractivity contribution in [2.45, 2.75) is 25.8 Å². The van der Waals surface area contributed by atoms with Crippen LogP contribution in [0.25, 0.3) is 11.2 Å². The summed E-state index contributed by atoms with van der Waals surface area (Å²) in [4.78, 5) is 36.8. The van der Waals surface area contributed by atoms with E-state index in [9.17, 15) is 9.59 Å². The second-order valence-corrected chi connectivity index (χ2v) is 6.77. The van der Waals surface area contributed by atoms with Crippen LogP contribution in [0.1, 0.15) is 30.4 Å². The summed E-state index contributed by atoms with van der Waals surface area (Å²) in [5.74, 6) is -0.687. The van der Waals surface area contributed by atoms with E-state index in [1.807, 2.05) is 72.2 Å². The van der Waals surface area contributed by atoms with Crippen molar-refractivity contribution in [3.63, 3.8) is 0 Å². The van der Waals surface area contributed by atoms with Crippen molar-refractivity contribution in [1.82, 2.24) is 19.5 Å². The number of nitrogens with zero attached hydrogens (tertiary/aromatic N) is 3. The molecule has 0 radical (unpaired) electrons. The molecule has 2 N–H and O–H groups in total. The number of carbonyl (C=O) groups excluding carboxylic acids is 1. The summed E-state index contributed by atoms with van der Waals surface area (Å²) in [6, 6.07) is 19.0. The number of anilines is 1. The van der Waals surface area contributed by atoms with E-state index in [4.69, 9.17) is 0 Å². The molecule has 0 saturated heterocycles. The lowest BCUT2D eigenvalue weighted by atomic mass is 9.90. The van der Waals surface area contributed by atoms with Crippen LogP contribution in [-0.4, -0.2) is 25.4 Å². The molecule has 0 unspecified atom stereocenters. The lowest BCUT2D eigenvalue weighted by molar-refractivity contribution is -0.116. The van der Waals surface area contributed by atoms with Crippen LogP contribution < -0.4 is 10.9 Å². The van der Waals surface area contributed by atoms with Crippen molar-refractivity contribution in [3.05, 3.63) is 88.5 Å². The molecule has 7 nitrogen and oxygen atoms in total. The number of aryl methyl sites for hydroxylation is 1. The average Bonchev–Trinajstić information content (AvgIpc) is 3.13. The topological polar surface area (TPSA) is 92.7 Å². The number of hydrogen-bond donors (Lipinski definition) is 2. The lowest BCUT2D eigenvalue weighted by Crippen LogP contribution is -2.25. The Bertz CT molecular complexity index is 1140.